The second kappa shape index (κ2) is 7.95. The Morgan fingerprint density at radius 1 is 1.07 bits per heavy atom. The van der Waals surface area contributed by atoms with Gasteiger partial charge in [0.1, 0.15) is 11.5 Å². The zero-order valence-electron chi connectivity index (χ0n) is 16.1. The van der Waals surface area contributed by atoms with Crippen molar-refractivity contribution in [3.8, 4) is 0 Å². The van der Waals surface area contributed by atoms with E-state index in [4.69, 9.17) is 9.47 Å². The number of ether oxygens (including phenoxy) is 2. The molecule has 1 aliphatic carbocycles. The highest BCUT2D eigenvalue weighted by Crippen LogP contribution is 2.51. The molecule has 4 nitrogen and oxygen atoms in total. The molecule has 0 radical (unpaired) electrons. The third-order valence-electron chi connectivity index (χ3n) is 5.81. The summed E-state index contributed by atoms with van der Waals surface area (Å²) in [6.07, 6.45) is 1.61. The highest BCUT2D eigenvalue weighted by atomic mass is 16.6. The summed E-state index contributed by atoms with van der Waals surface area (Å²) in [5, 5.41) is 0. The number of carbonyl (C=O) groups excluding carboxylic acids is 2. The van der Waals surface area contributed by atoms with Crippen LogP contribution in [0.2, 0.25) is 0 Å². The number of esters is 2. The number of carbonyl (C=O) groups is 2. The van der Waals surface area contributed by atoms with Crippen LogP contribution in [0.5, 0.6) is 0 Å². The number of rotatable bonds is 5. The van der Waals surface area contributed by atoms with E-state index < -0.39 is 17.5 Å². The molecule has 0 aliphatic heterocycles. The van der Waals surface area contributed by atoms with Crippen LogP contribution in [-0.4, -0.2) is 25.2 Å². The molecule has 27 heavy (non-hydrogen) atoms. The molecular weight excluding hydrogens is 340 g/mol. The van der Waals surface area contributed by atoms with E-state index in [0.29, 0.717) is 18.4 Å². The largest absolute Gasteiger partial charge is 0.468 e. The maximum Gasteiger partial charge on any atom is 0.338 e. The summed E-state index contributed by atoms with van der Waals surface area (Å²) in [4.78, 5) is 25.6. The summed E-state index contributed by atoms with van der Waals surface area (Å²) in [5.41, 5.74) is 1.75. The first-order valence-corrected chi connectivity index (χ1v) is 9.40. The summed E-state index contributed by atoms with van der Waals surface area (Å²) in [6.45, 7) is 3.99. The van der Waals surface area contributed by atoms with Crippen molar-refractivity contribution in [2.75, 3.05) is 7.11 Å². The zero-order chi connectivity index (χ0) is 19.4. The summed E-state index contributed by atoms with van der Waals surface area (Å²) in [7, 11) is 1.40. The molecule has 4 heteroatoms. The van der Waals surface area contributed by atoms with Gasteiger partial charge in [0.15, 0.2) is 0 Å². The molecule has 3 atom stereocenters. The van der Waals surface area contributed by atoms with Crippen LogP contribution in [-0.2, 0) is 14.3 Å². The van der Waals surface area contributed by atoms with Crippen molar-refractivity contribution < 1.29 is 19.1 Å². The Kier molecular flexibility index (Phi) is 5.64. The average Bonchev–Trinajstić information content (AvgIpc) is 3.12. The predicted molar refractivity (Wildman–Crippen MR) is 104 cm³/mol. The van der Waals surface area contributed by atoms with Crippen LogP contribution in [0.4, 0.5) is 0 Å². The maximum absolute atomic E-state index is 12.9. The topological polar surface area (TPSA) is 52.6 Å². The third kappa shape index (κ3) is 3.61. The summed E-state index contributed by atoms with van der Waals surface area (Å²) in [5.74, 6) is -0.821. The molecule has 0 aromatic heterocycles. The van der Waals surface area contributed by atoms with Gasteiger partial charge in [-0.2, -0.15) is 0 Å². The second-order valence-electron chi connectivity index (χ2n) is 7.32. The van der Waals surface area contributed by atoms with Crippen LogP contribution in [0, 0.1) is 12.3 Å². The molecule has 3 rings (SSSR count). The maximum atomic E-state index is 12.9. The number of hydrogen-bond donors (Lipinski definition) is 0. The van der Waals surface area contributed by atoms with Crippen molar-refractivity contribution >= 4 is 11.9 Å². The van der Waals surface area contributed by atoms with Crippen LogP contribution in [0.3, 0.4) is 0 Å². The number of hydrogen-bond acceptors (Lipinski definition) is 4. The number of benzene rings is 2. The molecule has 1 fully saturated rings. The molecule has 142 valence electrons. The molecular formula is C23H26O4. The van der Waals surface area contributed by atoms with Crippen LogP contribution >= 0.6 is 0 Å². The van der Waals surface area contributed by atoms with Crippen molar-refractivity contribution in [3.05, 3.63) is 71.3 Å². The normalized spacial score (nSPS) is 22.9. The Bertz CT molecular complexity index is 797. The SMILES string of the molecule is COC(=O)C1(C(C)c2ccccc2)CCCC1OC(=O)c1ccc(C)cc1. The lowest BCUT2D eigenvalue weighted by Crippen LogP contribution is -2.45. The minimum atomic E-state index is -0.865. The van der Waals surface area contributed by atoms with E-state index in [-0.39, 0.29) is 11.9 Å². The van der Waals surface area contributed by atoms with E-state index in [1.165, 1.54) is 7.11 Å². The van der Waals surface area contributed by atoms with Gasteiger partial charge in [0.2, 0.25) is 0 Å². The second-order valence-corrected chi connectivity index (χ2v) is 7.32. The van der Waals surface area contributed by atoms with E-state index >= 15 is 0 Å². The predicted octanol–water partition coefficient (Wildman–Crippen LogP) is 4.67. The fourth-order valence-corrected chi connectivity index (χ4v) is 4.18. The van der Waals surface area contributed by atoms with E-state index in [2.05, 4.69) is 0 Å². The molecule has 2 aromatic rings. The summed E-state index contributed by atoms with van der Waals surface area (Å²) < 4.78 is 11.1. The molecule has 0 heterocycles. The molecule has 3 unspecified atom stereocenters. The molecule has 0 amide bonds. The monoisotopic (exact) mass is 366 g/mol. The lowest BCUT2D eigenvalue weighted by Gasteiger charge is -2.37. The molecule has 1 saturated carbocycles. The minimum absolute atomic E-state index is 0.121. The molecule has 0 spiro atoms. The number of aryl methyl sites for hydroxylation is 1. The highest BCUT2D eigenvalue weighted by molar-refractivity contribution is 5.90. The molecule has 0 N–H and O–H groups in total. The first-order chi connectivity index (χ1) is 13.0. The van der Waals surface area contributed by atoms with Crippen LogP contribution < -0.4 is 0 Å². The lowest BCUT2D eigenvalue weighted by atomic mass is 9.70. The average molecular weight is 366 g/mol. The smallest absolute Gasteiger partial charge is 0.338 e. The Balaban J connectivity index is 1.91. The fraction of sp³-hybridized carbons (Fsp3) is 0.391. The standard InChI is InChI=1S/C23H26O4/c1-16-11-13-19(14-12-16)21(24)27-20-10-7-15-23(20,22(25)26-3)17(2)18-8-5-4-6-9-18/h4-6,8-9,11-14,17,20H,7,10,15H2,1-3H3. The first-order valence-electron chi connectivity index (χ1n) is 9.40. The van der Waals surface area contributed by atoms with E-state index in [1.807, 2.05) is 56.3 Å². The number of methoxy groups -OCH3 is 1. The quantitative estimate of drug-likeness (QED) is 0.722. The van der Waals surface area contributed by atoms with Gasteiger partial charge in [-0.3, -0.25) is 4.79 Å². The van der Waals surface area contributed by atoms with Crippen molar-refractivity contribution in [2.24, 2.45) is 5.41 Å². The van der Waals surface area contributed by atoms with Gasteiger partial charge >= 0.3 is 11.9 Å². The summed E-state index contributed by atoms with van der Waals surface area (Å²) >= 11 is 0. The molecule has 0 saturated heterocycles. The van der Waals surface area contributed by atoms with Crippen molar-refractivity contribution in [1.29, 1.82) is 0 Å². The fourth-order valence-electron chi connectivity index (χ4n) is 4.18. The lowest BCUT2D eigenvalue weighted by molar-refractivity contribution is -0.160. The van der Waals surface area contributed by atoms with Crippen molar-refractivity contribution in [2.45, 2.75) is 45.1 Å². The van der Waals surface area contributed by atoms with Gasteiger partial charge in [-0.05, 0) is 43.9 Å². The van der Waals surface area contributed by atoms with Gasteiger partial charge in [-0.25, -0.2) is 4.79 Å². The van der Waals surface area contributed by atoms with Crippen LogP contribution in [0.25, 0.3) is 0 Å². The Morgan fingerprint density at radius 3 is 2.37 bits per heavy atom. The van der Waals surface area contributed by atoms with Gasteiger partial charge in [-0.15, -0.1) is 0 Å². The molecule has 2 aromatic carbocycles. The van der Waals surface area contributed by atoms with Crippen LogP contribution in [0.15, 0.2) is 54.6 Å². The Morgan fingerprint density at radius 2 is 1.74 bits per heavy atom. The zero-order valence-corrected chi connectivity index (χ0v) is 16.1. The Labute approximate surface area is 160 Å². The summed E-state index contributed by atoms with van der Waals surface area (Å²) in [6, 6.07) is 17.2. The van der Waals surface area contributed by atoms with Gasteiger partial charge in [0.25, 0.3) is 0 Å². The van der Waals surface area contributed by atoms with Gasteiger partial charge in [0.05, 0.1) is 12.7 Å². The minimum Gasteiger partial charge on any atom is -0.468 e. The van der Waals surface area contributed by atoms with Crippen LogP contribution in [0.1, 0.15) is 53.6 Å². The van der Waals surface area contributed by atoms with Gasteiger partial charge in [0, 0.05) is 5.92 Å². The molecule has 0 bridgehead atoms. The Hall–Kier alpha value is -2.62. The highest BCUT2D eigenvalue weighted by Gasteiger charge is 2.56. The third-order valence-corrected chi connectivity index (χ3v) is 5.81. The van der Waals surface area contributed by atoms with Gasteiger partial charge in [-0.1, -0.05) is 55.0 Å². The van der Waals surface area contributed by atoms with E-state index in [9.17, 15) is 9.59 Å². The van der Waals surface area contributed by atoms with E-state index in [1.54, 1.807) is 12.1 Å². The van der Waals surface area contributed by atoms with E-state index in [0.717, 1.165) is 17.5 Å². The van der Waals surface area contributed by atoms with Crippen molar-refractivity contribution in [3.63, 3.8) is 0 Å². The van der Waals surface area contributed by atoms with Gasteiger partial charge < -0.3 is 9.47 Å². The van der Waals surface area contributed by atoms with Crippen molar-refractivity contribution in [1.82, 2.24) is 0 Å². The first kappa shape index (κ1) is 19.2. The molecule has 1 aliphatic rings.